The minimum absolute atomic E-state index is 0.178. The van der Waals surface area contributed by atoms with Crippen LogP contribution in [0, 0.1) is 0 Å². The molecule has 0 amide bonds. The van der Waals surface area contributed by atoms with Gasteiger partial charge in [-0.15, -0.1) is 11.3 Å². The Labute approximate surface area is 124 Å². The molecule has 3 aromatic rings. The second kappa shape index (κ2) is 5.02. The van der Waals surface area contributed by atoms with Crippen LogP contribution >= 0.6 is 11.3 Å². The summed E-state index contributed by atoms with van der Waals surface area (Å²) in [6, 6.07) is 15.2. The minimum Gasteiger partial charge on any atom is -0.261 e. The number of benzene rings is 1. The van der Waals surface area contributed by atoms with E-state index in [2.05, 4.69) is 68.2 Å². The zero-order valence-corrected chi connectivity index (χ0v) is 13.0. The molecule has 2 heterocycles. The van der Waals surface area contributed by atoms with E-state index in [0.29, 0.717) is 0 Å². The van der Waals surface area contributed by atoms with Gasteiger partial charge in [-0.05, 0) is 40.6 Å². The molecular formula is C18H19NS. The van der Waals surface area contributed by atoms with Gasteiger partial charge < -0.3 is 0 Å². The normalized spacial score (nSPS) is 11.9. The summed E-state index contributed by atoms with van der Waals surface area (Å²) in [5.74, 6) is 0. The summed E-state index contributed by atoms with van der Waals surface area (Å²) < 4.78 is 1.36. The lowest BCUT2D eigenvalue weighted by Gasteiger charge is -2.19. The maximum atomic E-state index is 4.53. The fourth-order valence-electron chi connectivity index (χ4n) is 2.34. The topological polar surface area (TPSA) is 12.9 Å². The van der Waals surface area contributed by atoms with Crippen molar-refractivity contribution in [3.63, 3.8) is 0 Å². The van der Waals surface area contributed by atoms with Gasteiger partial charge >= 0.3 is 0 Å². The first kappa shape index (κ1) is 13.3. The first-order valence-corrected chi connectivity index (χ1v) is 7.77. The van der Waals surface area contributed by atoms with Gasteiger partial charge in [0.1, 0.15) is 0 Å². The van der Waals surface area contributed by atoms with E-state index in [4.69, 9.17) is 0 Å². The summed E-state index contributed by atoms with van der Waals surface area (Å²) in [6.45, 7) is 6.72. The second-order valence-corrected chi connectivity index (χ2v) is 7.38. The van der Waals surface area contributed by atoms with Crippen molar-refractivity contribution in [1.29, 1.82) is 0 Å². The SMILES string of the molecule is CC(C)(C)c1ccnc(Cc2cc3ccccc3s2)c1. The fraction of sp³-hybridized carbons (Fsp3) is 0.278. The first-order valence-electron chi connectivity index (χ1n) is 6.95. The Morgan fingerprint density at radius 2 is 1.85 bits per heavy atom. The number of hydrogen-bond donors (Lipinski definition) is 0. The fourth-order valence-corrected chi connectivity index (χ4v) is 3.42. The molecule has 0 saturated carbocycles. The van der Waals surface area contributed by atoms with E-state index >= 15 is 0 Å². The monoisotopic (exact) mass is 281 g/mol. The van der Waals surface area contributed by atoms with Gasteiger partial charge in [-0.1, -0.05) is 39.0 Å². The third kappa shape index (κ3) is 2.75. The maximum Gasteiger partial charge on any atom is 0.0458 e. The molecule has 1 aromatic carbocycles. The summed E-state index contributed by atoms with van der Waals surface area (Å²) in [4.78, 5) is 5.90. The Morgan fingerprint density at radius 1 is 1.05 bits per heavy atom. The summed E-state index contributed by atoms with van der Waals surface area (Å²) in [6.07, 6.45) is 2.85. The third-order valence-corrected chi connectivity index (χ3v) is 4.63. The molecule has 0 saturated heterocycles. The molecule has 0 bridgehead atoms. The van der Waals surface area contributed by atoms with E-state index in [1.807, 2.05) is 17.5 Å². The highest BCUT2D eigenvalue weighted by atomic mass is 32.1. The van der Waals surface area contributed by atoms with E-state index < -0.39 is 0 Å². The van der Waals surface area contributed by atoms with Crippen LogP contribution in [0.5, 0.6) is 0 Å². The molecule has 20 heavy (non-hydrogen) atoms. The van der Waals surface area contributed by atoms with E-state index in [1.54, 1.807) is 0 Å². The maximum absolute atomic E-state index is 4.53. The molecule has 3 rings (SSSR count). The van der Waals surface area contributed by atoms with Crippen LogP contribution in [-0.4, -0.2) is 4.98 Å². The largest absolute Gasteiger partial charge is 0.261 e. The van der Waals surface area contributed by atoms with Crippen molar-refractivity contribution in [3.05, 3.63) is 64.8 Å². The molecule has 0 aliphatic rings. The van der Waals surface area contributed by atoms with E-state index in [-0.39, 0.29) is 5.41 Å². The number of nitrogens with zero attached hydrogens (tertiary/aromatic N) is 1. The summed E-state index contributed by atoms with van der Waals surface area (Å²) in [5, 5.41) is 1.33. The lowest BCUT2D eigenvalue weighted by molar-refractivity contribution is 0.588. The summed E-state index contributed by atoms with van der Waals surface area (Å²) in [5.41, 5.74) is 2.69. The third-order valence-electron chi connectivity index (χ3n) is 3.51. The molecule has 2 aromatic heterocycles. The van der Waals surface area contributed by atoms with Crippen molar-refractivity contribution in [3.8, 4) is 0 Å². The molecule has 0 atom stereocenters. The molecule has 2 heteroatoms. The summed E-state index contributed by atoms with van der Waals surface area (Å²) in [7, 11) is 0. The molecule has 0 unspecified atom stereocenters. The van der Waals surface area contributed by atoms with Crippen molar-refractivity contribution in [1.82, 2.24) is 4.98 Å². The number of thiophene rings is 1. The van der Waals surface area contributed by atoms with Gasteiger partial charge in [-0.3, -0.25) is 4.98 Å². The van der Waals surface area contributed by atoms with Gasteiger partial charge in [-0.2, -0.15) is 0 Å². The van der Waals surface area contributed by atoms with Crippen LogP contribution in [0.25, 0.3) is 10.1 Å². The zero-order chi connectivity index (χ0) is 14.2. The molecule has 0 aliphatic carbocycles. The van der Waals surface area contributed by atoms with E-state index in [9.17, 15) is 0 Å². The Morgan fingerprint density at radius 3 is 2.60 bits per heavy atom. The number of hydrogen-bond acceptors (Lipinski definition) is 2. The highest BCUT2D eigenvalue weighted by Gasteiger charge is 2.14. The second-order valence-electron chi connectivity index (χ2n) is 6.21. The van der Waals surface area contributed by atoms with Crippen LogP contribution in [0.1, 0.15) is 36.9 Å². The zero-order valence-electron chi connectivity index (χ0n) is 12.2. The summed E-state index contributed by atoms with van der Waals surface area (Å²) >= 11 is 1.87. The molecule has 0 radical (unpaired) electrons. The van der Waals surface area contributed by atoms with Crippen LogP contribution in [0.2, 0.25) is 0 Å². The predicted molar refractivity (Wildman–Crippen MR) is 87.6 cm³/mol. The van der Waals surface area contributed by atoms with Crippen LogP contribution in [0.15, 0.2) is 48.7 Å². The van der Waals surface area contributed by atoms with Crippen LogP contribution < -0.4 is 0 Å². The van der Waals surface area contributed by atoms with Crippen LogP contribution in [0.4, 0.5) is 0 Å². The number of pyridine rings is 1. The van der Waals surface area contributed by atoms with Crippen LogP contribution in [-0.2, 0) is 11.8 Å². The average molecular weight is 281 g/mol. The number of aromatic nitrogens is 1. The van der Waals surface area contributed by atoms with Gasteiger partial charge in [0, 0.05) is 27.9 Å². The Bertz CT molecular complexity index is 701. The lowest BCUT2D eigenvalue weighted by atomic mass is 9.87. The average Bonchev–Trinajstić information content (AvgIpc) is 2.80. The van der Waals surface area contributed by atoms with Gasteiger partial charge in [0.2, 0.25) is 0 Å². The molecule has 0 spiro atoms. The van der Waals surface area contributed by atoms with Gasteiger partial charge in [0.25, 0.3) is 0 Å². The van der Waals surface area contributed by atoms with Crippen molar-refractivity contribution < 1.29 is 0 Å². The van der Waals surface area contributed by atoms with Gasteiger partial charge in [0.15, 0.2) is 0 Å². The van der Waals surface area contributed by atoms with E-state index in [0.717, 1.165) is 12.1 Å². The standard InChI is InChI=1S/C18H19NS/c1-18(2,3)14-8-9-19-15(11-14)12-16-10-13-6-4-5-7-17(13)20-16/h4-11H,12H2,1-3H3. The Kier molecular flexibility index (Phi) is 3.35. The van der Waals surface area contributed by atoms with E-state index in [1.165, 1.54) is 20.5 Å². The molecule has 0 N–H and O–H groups in total. The molecular weight excluding hydrogens is 262 g/mol. The lowest BCUT2D eigenvalue weighted by Crippen LogP contribution is -2.11. The molecule has 0 aliphatic heterocycles. The van der Waals surface area contributed by atoms with Crippen molar-refractivity contribution in [2.24, 2.45) is 0 Å². The Hall–Kier alpha value is -1.67. The highest BCUT2D eigenvalue weighted by Crippen LogP contribution is 2.28. The van der Waals surface area contributed by atoms with Crippen LogP contribution in [0.3, 0.4) is 0 Å². The quantitative estimate of drug-likeness (QED) is 0.630. The number of fused-ring (bicyclic) bond motifs is 1. The molecule has 102 valence electrons. The van der Waals surface area contributed by atoms with Crippen molar-refractivity contribution in [2.75, 3.05) is 0 Å². The van der Waals surface area contributed by atoms with Crippen molar-refractivity contribution >= 4 is 21.4 Å². The number of rotatable bonds is 2. The van der Waals surface area contributed by atoms with Crippen molar-refractivity contribution in [2.45, 2.75) is 32.6 Å². The van der Waals surface area contributed by atoms with Gasteiger partial charge in [-0.25, -0.2) is 0 Å². The minimum atomic E-state index is 0.178. The first-order chi connectivity index (χ1) is 9.52. The smallest absolute Gasteiger partial charge is 0.0458 e. The molecule has 0 fully saturated rings. The Balaban J connectivity index is 1.91. The van der Waals surface area contributed by atoms with Gasteiger partial charge in [0.05, 0.1) is 0 Å². The predicted octanol–water partition coefficient (Wildman–Crippen LogP) is 5.18. The highest BCUT2D eigenvalue weighted by molar-refractivity contribution is 7.19. The molecule has 1 nitrogen and oxygen atoms in total.